The van der Waals surface area contributed by atoms with Crippen molar-refractivity contribution in [2.45, 2.75) is 32.5 Å². The summed E-state index contributed by atoms with van der Waals surface area (Å²) in [6, 6.07) is 13.8. The van der Waals surface area contributed by atoms with Crippen molar-refractivity contribution in [2.24, 2.45) is 0 Å². The van der Waals surface area contributed by atoms with Crippen LogP contribution in [0.5, 0.6) is 0 Å². The molecule has 6 heteroatoms. The fourth-order valence-corrected chi connectivity index (χ4v) is 3.60. The van der Waals surface area contributed by atoms with Gasteiger partial charge < -0.3 is 19.3 Å². The molecular formula is C21H28N4O2. The predicted molar refractivity (Wildman–Crippen MR) is 105 cm³/mol. The lowest BCUT2D eigenvalue weighted by Crippen LogP contribution is -2.51. The summed E-state index contributed by atoms with van der Waals surface area (Å²) in [6.07, 6.45) is 2.06. The third-order valence-corrected chi connectivity index (χ3v) is 5.03. The van der Waals surface area contributed by atoms with E-state index >= 15 is 0 Å². The van der Waals surface area contributed by atoms with Crippen molar-refractivity contribution in [3.8, 4) is 0 Å². The van der Waals surface area contributed by atoms with Crippen molar-refractivity contribution in [3.05, 3.63) is 59.9 Å². The maximum absolute atomic E-state index is 13.3. The molecule has 0 fully saturated rings. The van der Waals surface area contributed by atoms with Crippen LogP contribution in [-0.2, 0) is 11.3 Å². The van der Waals surface area contributed by atoms with E-state index in [0.717, 1.165) is 17.8 Å². The molecule has 1 unspecified atom stereocenters. The number of nitrogens with zero attached hydrogens (tertiary/aromatic N) is 4. The quantitative estimate of drug-likeness (QED) is 0.833. The third kappa shape index (κ3) is 3.84. The van der Waals surface area contributed by atoms with Crippen LogP contribution in [0, 0.1) is 0 Å². The Hall–Kier alpha value is -2.76. The van der Waals surface area contributed by atoms with E-state index in [9.17, 15) is 9.59 Å². The molecule has 27 heavy (non-hydrogen) atoms. The first-order valence-corrected chi connectivity index (χ1v) is 9.37. The van der Waals surface area contributed by atoms with Crippen LogP contribution in [0.3, 0.4) is 0 Å². The molecule has 3 rings (SSSR count). The van der Waals surface area contributed by atoms with E-state index in [4.69, 9.17) is 0 Å². The Kier molecular flexibility index (Phi) is 5.54. The number of benzene rings is 1. The molecule has 0 bridgehead atoms. The lowest BCUT2D eigenvalue weighted by molar-refractivity contribution is -0.135. The number of carbonyl (C=O) groups is 2. The fourth-order valence-electron chi connectivity index (χ4n) is 3.60. The van der Waals surface area contributed by atoms with E-state index in [1.807, 2.05) is 43.0 Å². The molecule has 0 spiro atoms. The number of urea groups is 1. The van der Waals surface area contributed by atoms with Crippen LogP contribution in [0.25, 0.3) is 0 Å². The maximum atomic E-state index is 13.3. The summed E-state index contributed by atoms with van der Waals surface area (Å²) in [7, 11) is 3.42. The highest BCUT2D eigenvalue weighted by Gasteiger charge is 2.34. The van der Waals surface area contributed by atoms with Crippen LogP contribution in [0.15, 0.2) is 48.7 Å². The standard InChI is InChI=1S/C21H28N4O2/c1-16(2)25(21(27)22(3)4)15-19(26)24-14-13-23-12-8-11-18(23)20(24)17-9-6-5-7-10-17/h5-12,16,20H,13-15H2,1-4H3. The highest BCUT2D eigenvalue weighted by molar-refractivity contribution is 5.84. The first-order valence-electron chi connectivity index (χ1n) is 9.37. The molecule has 144 valence electrons. The zero-order valence-corrected chi connectivity index (χ0v) is 16.5. The summed E-state index contributed by atoms with van der Waals surface area (Å²) >= 11 is 0. The average molecular weight is 368 g/mol. The minimum absolute atomic E-state index is 0.0276. The van der Waals surface area contributed by atoms with Gasteiger partial charge in [-0.15, -0.1) is 0 Å². The normalized spacial score (nSPS) is 16.2. The summed E-state index contributed by atoms with van der Waals surface area (Å²) in [6.45, 7) is 5.34. The molecule has 0 aliphatic carbocycles. The lowest BCUT2D eigenvalue weighted by Gasteiger charge is -2.39. The van der Waals surface area contributed by atoms with E-state index < -0.39 is 0 Å². The van der Waals surface area contributed by atoms with Crippen molar-refractivity contribution in [1.29, 1.82) is 0 Å². The van der Waals surface area contributed by atoms with Crippen molar-refractivity contribution < 1.29 is 9.59 Å². The Balaban J connectivity index is 1.90. The van der Waals surface area contributed by atoms with Gasteiger partial charge in [-0.3, -0.25) is 4.79 Å². The molecule has 6 nitrogen and oxygen atoms in total. The van der Waals surface area contributed by atoms with Gasteiger partial charge in [-0.25, -0.2) is 4.79 Å². The second kappa shape index (κ2) is 7.86. The van der Waals surface area contributed by atoms with Crippen LogP contribution in [0.1, 0.15) is 31.1 Å². The second-order valence-electron chi connectivity index (χ2n) is 7.43. The minimum Gasteiger partial charge on any atom is -0.348 e. The lowest BCUT2D eigenvalue weighted by atomic mass is 10.00. The molecular weight excluding hydrogens is 340 g/mol. The number of rotatable bonds is 4. The summed E-state index contributed by atoms with van der Waals surface area (Å²) < 4.78 is 2.20. The van der Waals surface area contributed by atoms with E-state index in [0.29, 0.717) is 6.54 Å². The van der Waals surface area contributed by atoms with Crippen LogP contribution in [0.2, 0.25) is 0 Å². The van der Waals surface area contributed by atoms with Crippen LogP contribution in [-0.4, -0.2) is 64.4 Å². The van der Waals surface area contributed by atoms with E-state index in [2.05, 4.69) is 29.0 Å². The Morgan fingerprint density at radius 3 is 2.41 bits per heavy atom. The Morgan fingerprint density at radius 2 is 1.78 bits per heavy atom. The largest absolute Gasteiger partial charge is 0.348 e. The van der Waals surface area contributed by atoms with Gasteiger partial charge in [0, 0.05) is 45.1 Å². The number of carbonyl (C=O) groups excluding carboxylic acids is 2. The molecule has 1 aliphatic heterocycles. The van der Waals surface area contributed by atoms with Gasteiger partial charge in [-0.2, -0.15) is 0 Å². The second-order valence-corrected chi connectivity index (χ2v) is 7.43. The number of fused-ring (bicyclic) bond motifs is 1. The molecule has 1 aromatic heterocycles. The molecule has 0 saturated carbocycles. The zero-order valence-electron chi connectivity index (χ0n) is 16.5. The Labute approximate surface area is 161 Å². The monoisotopic (exact) mass is 368 g/mol. The van der Waals surface area contributed by atoms with E-state index in [1.165, 1.54) is 4.90 Å². The van der Waals surface area contributed by atoms with Gasteiger partial charge in [-0.05, 0) is 31.5 Å². The molecule has 3 amide bonds. The number of aromatic nitrogens is 1. The summed E-state index contributed by atoms with van der Waals surface area (Å²) in [5.41, 5.74) is 2.19. The van der Waals surface area contributed by atoms with E-state index in [1.54, 1.807) is 19.0 Å². The highest BCUT2D eigenvalue weighted by Crippen LogP contribution is 2.32. The van der Waals surface area contributed by atoms with Gasteiger partial charge >= 0.3 is 6.03 Å². The molecule has 0 radical (unpaired) electrons. The molecule has 1 aromatic carbocycles. The third-order valence-electron chi connectivity index (χ3n) is 5.03. The van der Waals surface area contributed by atoms with Gasteiger partial charge in [0.2, 0.25) is 5.91 Å². The Morgan fingerprint density at radius 1 is 1.07 bits per heavy atom. The first-order chi connectivity index (χ1) is 12.9. The molecule has 2 aromatic rings. The molecule has 1 atom stereocenters. The predicted octanol–water partition coefficient (Wildman–Crippen LogP) is 2.81. The van der Waals surface area contributed by atoms with Gasteiger partial charge in [-0.1, -0.05) is 30.3 Å². The van der Waals surface area contributed by atoms with Gasteiger partial charge in [0.1, 0.15) is 6.54 Å². The topological polar surface area (TPSA) is 48.8 Å². The Bertz CT molecular complexity index is 798. The van der Waals surface area contributed by atoms with Gasteiger partial charge in [0.25, 0.3) is 0 Å². The summed E-state index contributed by atoms with van der Waals surface area (Å²) in [5, 5.41) is 0. The van der Waals surface area contributed by atoms with Gasteiger partial charge in [0.15, 0.2) is 0 Å². The van der Waals surface area contributed by atoms with Crippen molar-refractivity contribution in [2.75, 3.05) is 27.2 Å². The molecule has 0 N–H and O–H groups in total. The summed E-state index contributed by atoms with van der Waals surface area (Å²) in [4.78, 5) is 30.8. The van der Waals surface area contributed by atoms with Crippen molar-refractivity contribution >= 4 is 11.9 Å². The minimum atomic E-state index is -0.144. The van der Waals surface area contributed by atoms with Crippen LogP contribution in [0.4, 0.5) is 4.79 Å². The van der Waals surface area contributed by atoms with Crippen LogP contribution >= 0.6 is 0 Å². The van der Waals surface area contributed by atoms with Crippen LogP contribution < -0.4 is 0 Å². The summed E-state index contributed by atoms with van der Waals surface area (Å²) in [5.74, 6) is -0.0276. The SMILES string of the molecule is CC(C)N(CC(=O)N1CCn2cccc2C1c1ccccc1)C(=O)N(C)C. The number of hydrogen-bond acceptors (Lipinski definition) is 2. The fraction of sp³-hybridized carbons (Fsp3) is 0.429. The zero-order chi connectivity index (χ0) is 19.6. The molecule has 0 saturated heterocycles. The van der Waals surface area contributed by atoms with E-state index in [-0.39, 0.29) is 30.6 Å². The molecule has 1 aliphatic rings. The number of amides is 3. The molecule has 2 heterocycles. The first kappa shape index (κ1) is 19.0. The van der Waals surface area contributed by atoms with Crippen molar-refractivity contribution in [1.82, 2.24) is 19.3 Å². The van der Waals surface area contributed by atoms with Gasteiger partial charge in [0.05, 0.1) is 6.04 Å². The van der Waals surface area contributed by atoms with Crippen molar-refractivity contribution in [3.63, 3.8) is 0 Å². The maximum Gasteiger partial charge on any atom is 0.320 e. The average Bonchev–Trinajstić information content (AvgIpc) is 3.13. The highest BCUT2D eigenvalue weighted by atomic mass is 16.2. The number of hydrogen-bond donors (Lipinski definition) is 0. The smallest absolute Gasteiger partial charge is 0.320 e.